The number of hydrogen-bond acceptors (Lipinski definition) is 5. The molecule has 0 amide bonds. The lowest BCUT2D eigenvalue weighted by molar-refractivity contribution is 0.0593. The number of benzene rings is 1. The van der Waals surface area contributed by atoms with E-state index in [0.717, 1.165) is 21.5 Å². The fourth-order valence-corrected chi connectivity index (χ4v) is 2.55. The van der Waals surface area contributed by atoms with Crippen molar-refractivity contribution in [3.8, 4) is 11.5 Å². The van der Waals surface area contributed by atoms with Gasteiger partial charge in [0.1, 0.15) is 16.0 Å². The average Bonchev–Trinajstić information content (AvgIpc) is 2.47. The van der Waals surface area contributed by atoms with Crippen LogP contribution in [0.15, 0.2) is 16.6 Å². The van der Waals surface area contributed by atoms with Crippen LogP contribution >= 0.6 is 15.9 Å². The van der Waals surface area contributed by atoms with Crippen LogP contribution < -0.4 is 14.8 Å². The lowest BCUT2D eigenvalue weighted by Gasteiger charge is -2.21. The van der Waals surface area contributed by atoms with E-state index in [9.17, 15) is 0 Å². The summed E-state index contributed by atoms with van der Waals surface area (Å²) in [4.78, 5) is 0. The van der Waals surface area contributed by atoms with Gasteiger partial charge in [-0.05, 0) is 35.1 Å². The Morgan fingerprint density at radius 3 is 2.45 bits per heavy atom. The first-order valence-corrected chi connectivity index (χ1v) is 7.13. The fourth-order valence-electron chi connectivity index (χ4n) is 1.86. The Hall–Kier alpha value is -0.820. The van der Waals surface area contributed by atoms with Crippen molar-refractivity contribution in [3.63, 3.8) is 0 Å². The van der Waals surface area contributed by atoms with Gasteiger partial charge in [0.05, 0.1) is 40.1 Å². The molecule has 0 heterocycles. The first kappa shape index (κ1) is 17.2. The molecule has 0 aromatic heterocycles. The van der Waals surface area contributed by atoms with Crippen molar-refractivity contribution in [1.29, 1.82) is 0 Å². The Labute approximate surface area is 128 Å². The standard InChI is InChI=1S/C14H22BrNO4/c1-16-11(9-20-8-7-17-2)10-5-6-12(18-3)13(15)14(10)19-4/h5-6,11,16H,7-9H2,1-4H3. The highest BCUT2D eigenvalue weighted by Crippen LogP contribution is 2.39. The Kier molecular flexibility index (Phi) is 7.91. The molecule has 0 fully saturated rings. The third-order valence-corrected chi connectivity index (χ3v) is 3.71. The molecule has 1 atom stereocenters. The molecule has 0 aliphatic heterocycles. The Morgan fingerprint density at radius 2 is 1.90 bits per heavy atom. The number of halogens is 1. The zero-order chi connectivity index (χ0) is 15.0. The second-order valence-electron chi connectivity index (χ2n) is 4.11. The van der Waals surface area contributed by atoms with Gasteiger partial charge < -0.3 is 24.3 Å². The summed E-state index contributed by atoms with van der Waals surface area (Å²) < 4.78 is 22.1. The predicted molar refractivity (Wildman–Crippen MR) is 81.7 cm³/mol. The first-order chi connectivity index (χ1) is 9.69. The quantitative estimate of drug-likeness (QED) is 0.695. The topological polar surface area (TPSA) is 49.0 Å². The van der Waals surface area contributed by atoms with E-state index < -0.39 is 0 Å². The molecule has 1 aromatic carbocycles. The van der Waals surface area contributed by atoms with Gasteiger partial charge in [0.15, 0.2) is 0 Å². The maximum absolute atomic E-state index is 5.59. The van der Waals surface area contributed by atoms with Crippen molar-refractivity contribution in [2.45, 2.75) is 6.04 Å². The highest BCUT2D eigenvalue weighted by Gasteiger charge is 2.19. The molecule has 0 aliphatic rings. The molecule has 6 heteroatoms. The van der Waals surface area contributed by atoms with Gasteiger partial charge in [-0.2, -0.15) is 0 Å². The molecule has 5 nitrogen and oxygen atoms in total. The molecule has 1 rings (SSSR count). The first-order valence-electron chi connectivity index (χ1n) is 6.33. The summed E-state index contributed by atoms with van der Waals surface area (Å²) in [6.07, 6.45) is 0. The molecular formula is C14H22BrNO4. The van der Waals surface area contributed by atoms with Crippen LogP contribution in [0.5, 0.6) is 11.5 Å². The molecule has 1 N–H and O–H groups in total. The summed E-state index contributed by atoms with van der Waals surface area (Å²) in [6.45, 7) is 1.68. The minimum atomic E-state index is 0.0315. The van der Waals surface area contributed by atoms with Gasteiger partial charge in [-0.15, -0.1) is 0 Å². The van der Waals surface area contributed by atoms with Gasteiger partial charge in [-0.3, -0.25) is 0 Å². The number of ether oxygens (including phenoxy) is 4. The van der Waals surface area contributed by atoms with Crippen molar-refractivity contribution in [3.05, 3.63) is 22.2 Å². The highest BCUT2D eigenvalue weighted by atomic mass is 79.9. The monoisotopic (exact) mass is 347 g/mol. The summed E-state index contributed by atoms with van der Waals surface area (Å²) >= 11 is 3.50. The second-order valence-corrected chi connectivity index (χ2v) is 4.91. The maximum Gasteiger partial charge on any atom is 0.141 e. The van der Waals surface area contributed by atoms with E-state index in [1.807, 2.05) is 19.2 Å². The van der Waals surface area contributed by atoms with Crippen LogP contribution in [0.4, 0.5) is 0 Å². The second kappa shape index (κ2) is 9.18. The van der Waals surface area contributed by atoms with Crippen LogP contribution in [0.2, 0.25) is 0 Å². The van der Waals surface area contributed by atoms with E-state index in [0.29, 0.717) is 19.8 Å². The van der Waals surface area contributed by atoms with Gasteiger partial charge in [-0.25, -0.2) is 0 Å². The molecule has 20 heavy (non-hydrogen) atoms. The molecule has 0 saturated heterocycles. The Morgan fingerprint density at radius 1 is 1.15 bits per heavy atom. The summed E-state index contributed by atoms with van der Waals surface area (Å²) in [5.74, 6) is 1.49. The molecule has 0 radical (unpaired) electrons. The Balaban J connectivity index is 2.88. The van der Waals surface area contributed by atoms with E-state index >= 15 is 0 Å². The molecule has 0 aliphatic carbocycles. The number of hydrogen-bond donors (Lipinski definition) is 1. The molecule has 0 saturated carbocycles. The van der Waals surface area contributed by atoms with Crippen LogP contribution in [-0.2, 0) is 9.47 Å². The van der Waals surface area contributed by atoms with Crippen LogP contribution in [0.25, 0.3) is 0 Å². The number of methoxy groups -OCH3 is 3. The van der Waals surface area contributed by atoms with Gasteiger partial charge in [0.2, 0.25) is 0 Å². The van der Waals surface area contributed by atoms with Crippen molar-refractivity contribution in [1.82, 2.24) is 5.32 Å². The van der Waals surface area contributed by atoms with Crippen molar-refractivity contribution < 1.29 is 18.9 Å². The number of rotatable bonds is 9. The normalized spacial score (nSPS) is 12.2. The van der Waals surface area contributed by atoms with Gasteiger partial charge >= 0.3 is 0 Å². The number of likely N-dealkylation sites (N-methyl/N-ethyl adjacent to an activating group) is 1. The fraction of sp³-hybridized carbons (Fsp3) is 0.571. The van der Waals surface area contributed by atoms with E-state index in [-0.39, 0.29) is 6.04 Å². The minimum Gasteiger partial charge on any atom is -0.495 e. The van der Waals surface area contributed by atoms with Crippen molar-refractivity contribution in [2.24, 2.45) is 0 Å². The molecule has 114 valence electrons. The SMILES string of the molecule is CNC(COCCOC)c1ccc(OC)c(Br)c1OC. The Bertz CT molecular complexity index is 414. The van der Waals surface area contributed by atoms with Crippen LogP contribution in [0.3, 0.4) is 0 Å². The van der Waals surface area contributed by atoms with E-state index in [4.69, 9.17) is 18.9 Å². The summed E-state index contributed by atoms with van der Waals surface area (Å²) in [5.41, 5.74) is 1.01. The van der Waals surface area contributed by atoms with Gasteiger partial charge in [0.25, 0.3) is 0 Å². The largest absolute Gasteiger partial charge is 0.495 e. The molecule has 1 aromatic rings. The molecule has 0 spiro atoms. The smallest absolute Gasteiger partial charge is 0.141 e. The zero-order valence-electron chi connectivity index (χ0n) is 12.4. The predicted octanol–water partition coefficient (Wildman–Crippen LogP) is 2.39. The summed E-state index contributed by atoms with van der Waals surface area (Å²) in [6, 6.07) is 3.91. The third-order valence-electron chi connectivity index (χ3n) is 2.96. The highest BCUT2D eigenvalue weighted by molar-refractivity contribution is 9.10. The lowest BCUT2D eigenvalue weighted by Crippen LogP contribution is -2.23. The molecule has 0 bridgehead atoms. The average molecular weight is 348 g/mol. The minimum absolute atomic E-state index is 0.0315. The zero-order valence-corrected chi connectivity index (χ0v) is 14.0. The van der Waals surface area contributed by atoms with Crippen LogP contribution in [0.1, 0.15) is 11.6 Å². The van der Waals surface area contributed by atoms with Crippen molar-refractivity contribution in [2.75, 3.05) is 48.2 Å². The number of nitrogens with one attached hydrogen (secondary N) is 1. The van der Waals surface area contributed by atoms with Crippen LogP contribution in [0, 0.1) is 0 Å². The summed E-state index contributed by atoms with van der Waals surface area (Å²) in [5, 5.41) is 3.23. The van der Waals surface area contributed by atoms with Gasteiger partial charge in [0, 0.05) is 12.7 Å². The van der Waals surface area contributed by atoms with E-state index in [1.54, 1.807) is 21.3 Å². The van der Waals surface area contributed by atoms with Gasteiger partial charge in [-0.1, -0.05) is 0 Å². The van der Waals surface area contributed by atoms with Crippen LogP contribution in [-0.4, -0.2) is 48.2 Å². The van der Waals surface area contributed by atoms with E-state index in [2.05, 4.69) is 21.2 Å². The maximum atomic E-state index is 5.59. The van der Waals surface area contributed by atoms with Crippen molar-refractivity contribution >= 4 is 15.9 Å². The molecular weight excluding hydrogens is 326 g/mol. The van der Waals surface area contributed by atoms with E-state index in [1.165, 1.54) is 0 Å². The lowest BCUT2D eigenvalue weighted by atomic mass is 10.1. The molecule has 1 unspecified atom stereocenters. The third kappa shape index (κ3) is 4.34. The summed E-state index contributed by atoms with van der Waals surface area (Å²) in [7, 11) is 6.81.